The van der Waals surface area contributed by atoms with Gasteiger partial charge in [-0.2, -0.15) is 0 Å². The predicted octanol–water partition coefficient (Wildman–Crippen LogP) is 2.35. The number of rotatable bonds is 10. The Hall–Kier alpha value is -2.28. The molecule has 0 fully saturated rings. The van der Waals surface area contributed by atoms with Gasteiger partial charge >= 0.3 is 0 Å². The van der Waals surface area contributed by atoms with Crippen molar-refractivity contribution in [1.29, 1.82) is 0 Å². The zero-order valence-corrected chi connectivity index (χ0v) is 16.5. The van der Waals surface area contributed by atoms with Crippen LogP contribution in [0.5, 0.6) is 5.75 Å². The molecular formula is C19H32N4O3. The van der Waals surface area contributed by atoms with Gasteiger partial charge in [-0.15, -0.1) is 0 Å². The summed E-state index contributed by atoms with van der Waals surface area (Å²) in [5.41, 5.74) is 0.848. The minimum atomic E-state index is -0.0505. The van der Waals surface area contributed by atoms with Crippen LogP contribution in [0, 0.1) is 0 Å². The summed E-state index contributed by atoms with van der Waals surface area (Å²) in [6.07, 6.45) is 1.79. The van der Waals surface area contributed by atoms with E-state index in [2.05, 4.69) is 29.5 Å². The Morgan fingerprint density at radius 1 is 1.31 bits per heavy atom. The lowest BCUT2D eigenvalue weighted by Crippen LogP contribution is -2.38. The van der Waals surface area contributed by atoms with E-state index < -0.39 is 0 Å². The molecule has 2 N–H and O–H groups in total. The lowest BCUT2D eigenvalue weighted by molar-refractivity contribution is -0.127. The van der Waals surface area contributed by atoms with E-state index in [4.69, 9.17) is 9.47 Å². The summed E-state index contributed by atoms with van der Waals surface area (Å²) in [5.74, 6) is 1.30. The van der Waals surface area contributed by atoms with Gasteiger partial charge in [-0.1, -0.05) is 13.0 Å². The van der Waals surface area contributed by atoms with Crippen LogP contribution in [0.2, 0.25) is 0 Å². The quantitative estimate of drug-likeness (QED) is 0.379. The van der Waals surface area contributed by atoms with E-state index in [9.17, 15) is 4.79 Å². The highest BCUT2D eigenvalue weighted by molar-refractivity contribution is 5.95. The molecule has 1 amide bonds. The summed E-state index contributed by atoms with van der Waals surface area (Å²) in [6.45, 7) is 5.52. The molecule has 1 aromatic rings. The monoisotopic (exact) mass is 364 g/mol. The third-order valence-electron chi connectivity index (χ3n) is 3.73. The first-order chi connectivity index (χ1) is 12.5. The zero-order chi connectivity index (χ0) is 19.4. The number of ether oxygens (including phenoxy) is 2. The number of methoxy groups -OCH3 is 1. The van der Waals surface area contributed by atoms with Gasteiger partial charge in [-0.05, 0) is 25.5 Å². The lowest BCUT2D eigenvalue weighted by atomic mass is 10.2. The zero-order valence-electron chi connectivity index (χ0n) is 16.5. The fourth-order valence-electron chi connectivity index (χ4n) is 1.94. The molecule has 1 atom stereocenters. The van der Waals surface area contributed by atoms with Crippen molar-refractivity contribution in [3.8, 4) is 5.75 Å². The van der Waals surface area contributed by atoms with Gasteiger partial charge in [-0.25, -0.2) is 4.99 Å². The lowest BCUT2D eigenvalue weighted by Gasteiger charge is -2.18. The second kappa shape index (κ2) is 12.1. The summed E-state index contributed by atoms with van der Waals surface area (Å²) in [4.78, 5) is 17.7. The van der Waals surface area contributed by atoms with Gasteiger partial charge in [-0.3, -0.25) is 4.79 Å². The summed E-state index contributed by atoms with van der Waals surface area (Å²) >= 11 is 0. The maximum Gasteiger partial charge on any atom is 0.243 e. The van der Waals surface area contributed by atoms with Crippen molar-refractivity contribution >= 4 is 17.6 Å². The van der Waals surface area contributed by atoms with Gasteiger partial charge < -0.3 is 25.0 Å². The molecule has 0 aliphatic carbocycles. The number of hydrogen-bond donors (Lipinski definition) is 2. The van der Waals surface area contributed by atoms with Crippen molar-refractivity contribution in [1.82, 2.24) is 10.2 Å². The Morgan fingerprint density at radius 3 is 2.73 bits per heavy atom. The highest BCUT2D eigenvalue weighted by atomic mass is 16.5. The molecule has 0 spiro atoms. The summed E-state index contributed by atoms with van der Waals surface area (Å²) in [7, 11) is 5.12. The van der Waals surface area contributed by atoms with Crippen LogP contribution in [0.15, 0.2) is 29.3 Å². The third kappa shape index (κ3) is 8.71. The number of hydrogen-bond acceptors (Lipinski definition) is 4. The van der Waals surface area contributed by atoms with Gasteiger partial charge in [0.05, 0.1) is 6.61 Å². The van der Waals surface area contributed by atoms with Crippen LogP contribution < -0.4 is 15.4 Å². The van der Waals surface area contributed by atoms with Crippen molar-refractivity contribution in [2.75, 3.05) is 46.3 Å². The number of nitrogens with zero attached hydrogens (tertiary/aromatic N) is 2. The predicted molar refractivity (Wildman–Crippen MR) is 106 cm³/mol. The molecule has 1 aromatic carbocycles. The van der Waals surface area contributed by atoms with Crippen molar-refractivity contribution in [2.24, 2.45) is 4.99 Å². The van der Waals surface area contributed by atoms with Gasteiger partial charge in [0, 0.05) is 52.0 Å². The van der Waals surface area contributed by atoms with Crippen LogP contribution in [0.1, 0.15) is 26.7 Å². The topological polar surface area (TPSA) is 75.2 Å². The van der Waals surface area contributed by atoms with Crippen molar-refractivity contribution in [2.45, 2.75) is 32.7 Å². The van der Waals surface area contributed by atoms with Crippen LogP contribution in [0.25, 0.3) is 0 Å². The molecule has 0 aromatic heterocycles. The van der Waals surface area contributed by atoms with E-state index in [1.165, 1.54) is 4.90 Å². The smallest absolute Gasteiger partial charge is 0.243 e. The molecule has 0 aliphatic heterocycles. The van der Waals surface area contributed by atoms with Crippen molar-refractivity contribution < 1.29 is 14.3 Å². The molecule has 7 nitrogen and oxygen atoms in total. The fraction of sp³-hybridized carbons (Fsp3) is 0.579. The van der Waals surface area contributed by atoms with Gasteiger partial charge in [0.15, 0.2) is 5.96 Å². The molecule has 1 rings (SSSR count). The Morgan fingerprint density at radius 2 is 2.08 bits per heavy atom. The van der Waals surface area contributed by atoms with Crippen molar-refractivity contribution in [3.05, 3.63) is 24.3 Å². The van der Waals surface area contributed by atoms with Crippen LogP contribution in [-0.2, 0) is 9.53 Å². The van der Waals surface area contributed by atoms with Crippen molar-refractivity contribution in [3.63, 3.8) is 0 Å². The largest absolute Gasteiger partial charge is 0.493 e. The minimum Gasteiger partial charge on any atom is -0.493 e. The number of guanidine groups is 1. The van der Waals surface area contributed by atoms with E-state index in [-0.39, 0.29) is 18.5 Å². The van der Waals surface area contributed by atoms with Gasteiger partial charge in [0.2, 0.25) is 5.91 Å². The number of anilines is 1. The maximum atomic E-state index is 11.8. The summed E-state index contributed by atoms with van der Waals surface area (Å²) in [5, 5.41) is 6.54. The van der Waals surface area contributed by atoms with Gasteiger partial charge in [0.1, 0.15) is 12.3 Å². The molecule has 0 heterocycles. The van der Waals surface area contributed by atoms with E-state index >= 15 is 0 Å². The number of likely N-dealkylation sites (N-methyl/N-ethyl adjacent to an activating group) is 1. The Kier molecular flexibility index (Phi) is 10.2. The van der Waals surface area contributed by atoms with Crippen LogP contribution in [0.3, 0.4) is 0 Å². The van der Waals surface area contributed by atoms with E-state index in [0.29, 0.717) is 19.2 Å². The standard InChI is InChI=1S/C19H32N4O3/c1-6-15(2)21-19(20-14-18(24)23(3)4)22-16-9-7-10-17(13-16)26-12-8-11-25-5/h7,9-10,13,15H,6,8,11-12,14H2,1-5H3,(H2,20,21,22). The van der Waals surface area contributed by atoms with Crippen LogP contribution >= 0.6 is 0 Å². The molecule has 0 saturated heterocycles. The highest BCUT2D eigenvalue weighted by Crippen LogP contribution is 2.17. The number of amides is 1. The molecule has 0 aliphatic rings. The first kappa shape index (κ1) is 21.8. The fourth-order valence-corrected chi connectivity index (χ4v) is 1.94. The Bertz CT molecular complexity index is 576. The summed E-state index contributed by atoms with van der Waals surface area (Å²) in [6, 6.07) is 7.91. The average Bonchev–Trinajstić information content (AvgIpc) is 2.63. The number of benzene rings is 1. The van der Waals surface area contributed by atoms with Gasteiger partial charge in [0.25, 0.3) is 0 Å². The molecule has 0 bridgehead atoms. The van der Waals surface area contributed by atoms with Crippen LogP contribution in [-0.4, -0.2) is 63.8 Å². The highest BCUT2D eigenvalue weighted by Gasteiger charge is 2.08. The maximum absolute atomic E-state index is 11.8. The SMILES string of the molecule is CCC(C)NC(=NCC(=O)N(C)C)Nc1cccc(OCCCOC)c1. The molecule has 1 unspecified atom stereocenters. The second-order valence-electron chi connectivity index (χ2n) is 6.25. The Balaban J connectivity index is 2.76. The molecule has 0 radical (unpaired) electrons. The molecule has 26 heavy (non-hydrogen) atoms. The number of carbonyl (C=O) groups is 1. The number of nitrogens with one attached hydrogen (secondary N) is 2. The second-order valence-corrected chi connectivity index (χ2v) is 6.25. The van der Waals surface area contributed by atoms with E-state index in [1.54, 1.807) is 21.2 Å². The molecule has 0 saturated carbocycles. The third-order valence-corrected chi connectivity index (χ3v) is 3.73. The molecular weight excluding hydrogens is 332 g/mol. The molecule has 7 heteroatoms. The normalized spacial score (nSPS) is 12.4. The molecule has 146 valence electrons. The van der Waals surface area contributed by atoms with E-state index in [1.807, 2.05) is 24.3 Å². The first-order valence-corrected chi connectivity index (χ1v) is 8.96. The summed E-state index contributed by atoms with van der Waals surface area (Å²) < 4.78 is 10.7. The van der Waals surface area contributed by atoms with E-state index in [0.717, 1.165) is 24.3 Å². The van der Waals surface area contributed by atoms with Crippen LogP contribution in [0.4, 0.5) is 5.69 Å². The Labute approximate surface area is 156 Å². The number of aliphatic imine (C=N–C) groups is 1. The first-order valence-electron chi connectivity index (χ1n) is 8.96. The average molecular weight is 364 g/mol. The number of carbonyl (C=O) groups excluding carboxylic acids is 1. The minimum absolute atomic E-state index is 0.0505.